The second kappa shape index (κ2) is 8.64. The predicted octanol–water partition coefficient (Wildman–Crippen LogP) is 0.929. The Morgan fingerprint density at radius 2 is 1.96 bits per heavy atom. The normalized spacial score (nSPS) is 21.5. The Morgan fingerprint density at radius 3 is 2.65 bits per heavy atom. The van der Waals surface area contributed by atoms with Crippen LogP contribution in [0.5, 0.6) is 0 Å². The summed E-state index contributed by atoms with van der Waals surface area (Å²) in [4.78, 5) is 31.2. The van der Waals surface area contributed by atoms with Gasteiger partial charge in [-0.1, -0.05) is 29.8 Å². The van der Waals surface area contributed by atoms with E-state index < -0.39 is 0 Å². The predicted molar refractivity (Wildman–Crippen MR) is 99.9 cm³/mol. The van der Waals surface area contributed by atoms with Crippen molar-refractivity contribution < 1.29 is 14.3 Å². The van der Waals surface area contributed by atoms with Crippen LogP contribution in [0.3, 0.4) is 0 Å². The highest BCUT2D eigenvalue weighted by Gasteiger charge is 2.37. The minimum atomic E-state index is -0.0270. The van der Waals surface area contributed by atoms with Gasteiger partial charge in [-0.2, -0.15) is 0 Å². The fourth-order valence-electron chi connectivity index (χ4n) is 3.88. The average molecular weight is 359 g/mol. The summed E-state index contributed by atoms with van der Waals surface area (Å²) in [5.74, 6) is 0.385. The molecule has 6 heteroatoms. The summed E-state index contributed by atoms with van der Waals surface area (Å²) in [6, 6.07) is 8.09. The van der Waals surface area contributed by atoms with Gasteiger partial charge in [0.1, 0.15) is 0 Å². The van der Waals surface area contributed by atoms with Crippen LogP contribution in [0, 0.1) is 6.92 Å². The summed E-state index contributed by atoms with van der Waals surface area (Å²) in [7, 11) is 1.66. The second-order valence-electron chi connectivity index (χ2n) is 7.21. The van der Waals surface area contributed by atoms with E-state index in [4.69, 9.17) is 4.74 Å². The van der Waals surface area contributed by atoms with E-state index in [9.17, 15) is 9.59 Å². The highest BCUT2D eigenvalue weighted by Crippen LogP contribution is 2.19. The number of hydrogen-bond acceptors (Lipinski definition) is 4. The van der Waals surface area contributed by atoms with Gasteiger partial charge in [-0.3, -0.25) is 14.5 Å². The number of ether oxygens (including phenoxy) is 1. The molecule has 2 saturated heterocycles. The van der Waals surface area contributed by atoms with Gasteiger partial charge in [-0.15, -0.1) is 0 Å². The molecule has 1 aromatic rings. The minimum Gasteiger partial charge on any atom is -0.383 e. The summed E-state index contributed by atoms with van der Waals surface area (Å²) in [6.45, 7) is 7.04. The van der Waals surface area contributed by atoms with Crippen LogP contribution in [-0.4, -0.2) is 85.5 Å². The molecule has 2 aliphatic rings. The molecule has 142 valence electrons. The lowest BCUT2D eigenvalue weighted by atomic mass is 10.1. The smallest absolute Gasteiger partial charge is 0.240 e. The molecule has 2 fully saturated rings. The number of carbonyl (C=O) groups is 2. The summed E-state index contributed by atoms with van der Waals surface area (Å²) < 4.78 is 5.08. The third-order valence-corrected chi connectivity index (χ3v) is 5.38. The Bertz CT molecular complexity index is 641. The molecule has 3 rings (SSSR count). The molecule has 0 bridgehead atoms. The van der Waals surface area contributed by atoms with Crippen molar-refractivity contribution in [1.82, 2.24) is 14.7 Å². The van der Waals surface area contributed by atoms with Gasteiger partial charge in [0, 0.05) is 46.4 Å². The van der Waals surface area contributed by atoms with E-state index in [0.29, 0.717) is 32.7 Å². The number of methoxy groups -OCH3 is 1. The summed E-state index contributed by atoms with van der Waals surface area (Å²) in [5.41, 5.74) is 2.25. The van der Waals surface area contributed by atoms with Crippen molar-refractivity contribution in [3.8, 4) is 0 Å². The van der Waals surface area contributed by atoms with E-state index in [1.165, 1.54) is 5.56 Å². The fraction of sp³-hybridized carbons (Fsp3) is 0.600. The first-order chi connectivity index (χ1) is 12.6. The van der Waals surface area contributed by atoms with Crippen LogP contribution in [0.25, 0.3) is 0 Å². The first-order valence-corrected chi connectivity index (χ1v) is 9.43. The number of rotatable bonds is 6. The zero-order valence-electron chi connectivity index (χ0n) is 15.8. The quantitative estimate of drug-likeness (QED) is 0.758. The van der Waals surface area contributed by atoms with E-state index in [1.807, 2.05) is 34.9 Å². The maximum atomic E-state index is 12.6. The fourth-order valence-corrected chi connectivity index (χ4v) is 3.88. The van der Waals surface area contributed by atoms with Crippen molar-refractivity contribution in [2.45, 2.75) is 25.8 Å². The molecule has 2 heterocycles. The number of nitrogens with zero attached hydrogens (tertiary/aromatic N) is 3. The number of benzene rings is 1. The Morgan fingerprint density at radius 1 is 1.19 bits per heavy atom. The maximum absolute atomic E-state index is 12.6. The van der Waals surface area contributed by atoms with Crippen LogP contribution in [0.1, 0.15) is 17.5 Å². The number of aryl methyl sites for hydroxylation is 1. The first kappa shape index (κ1) is 18.9. The number of amides is 2. The molecule has 0 aliphatic carbocycles. The average Bonchev–Trinajstić information content (AvgIpc) is 3.00. The molecule has 26 heavy (non-hydrogen) atoms. The molecule has 0 N–H and O–H groups in total. The molecule has 0 radical (unpaired) electrons. The number of piperazine rings is 1. The molecule has 1 atom stereocenters. The van der Waals surface area contributed by atoms with Gasteiger partial charge in [0.15, 0.2) is 0 Å². The Balaban J connectivity index is 1.48. The summed E-state index contributed by atoms with van der Waals surface area (Å²) in [6.07, 6.45) is 1.33. The third-order valence-electron chi connectivity index (χ3n) is 5.38. The standard InChI is InChI=1S/C20H29N3O3/c1-16-4-3-5-17(14-16)15-19(24)22-10-8-21(9-11-22)18-6-7-23(20(18)25)12-13-26-2/h3-5,14,18H,6-13,15H2,1-2H3. The molecule has 1 unspecified atom stereocenters. The minimum absolute atomic E-state index is 0.0270. The second-order valence-corrected chi connectivity index (χ2v) is 7.21. The molecule has 6 nitrogen and oxygen atoms in total. The third kappa shape index (κ3) is 4.43. The zero-order chi connectivity index (χ0) is 18.5. The number of likely N-dealkylation sites (tertiary alicyclic amines) is 1. The van der Waals surface area contributed by atoms with Crippen molar-refractivity contribution in [2.24, 2.45) is 0 Å². The largest absolute Gasteiger partial charge is 0.383 e. The number of carbonyl (C=O) groups excluding carboxylic acids is 2. The van der Waals surface area contributed by atoms with Crippen molar-refractivity contribution in [3.05, 3.63) is 35.4 Å². The van der Waals surface area contributed by atoms with Gasteiger partial charge in [0.05, 0.1) is 19.1 Å². The molecule has 2 aliphatic heterocycles. The molecule has 1 aromatic carbocycles. The van der Waals surface area contributed by atoms with Gasteiger partial charge < -0.3 is 14.5 Å². The topological polar surface area (TPSA) is 53.1 Å². The van der Waals surface area contributed by atoms with Crippen LogP contribution in [0.2, 0.25) is 0 Å². The highest BCUT2D eigenvalue weighted by molar-refractivity contribution is 5.84. The Kier molecular flexibility index (Phi) is 6.27. The SMILES string of the molecule is COCCN1CCC(N2CCN(C(=O)Cc3cccc(C)c3)CC2)C1=O. The number of hydrogen-bond donors (Lipinski definition) is 0. The Hall–Kier alpha value is -1.92. The zero-order valence-corrected chi connectivity index (χ0v) is 15.8. The van der Waals surface area contributed by atoms with Gasteiger partial charge in [0.2, 0.25) is 11.8 Å². The monoisotopic (exact) mass is 359 g/mol. The van der Waals surface area contributed by atoms with Gasteiger partial charge >= 0.3 is 0 Å². The van der Waals surface area contributed by atoms with Gasteiger partial charge in [-0.05, 0) is 18.9 Å². The lowest BCUT2D eigenvalue weighted by Gasteiger charge is -2.37. The van der Waals surface area contributed by atoms with Gasteiger partial charge in [0.25, 0.3) is 0 Å². The lowest BCUT2D eigenvalue weighted by Crippen LogP contribution is -2.54. The van der Waals surface area contributed by atoms with E-state index in [2.05, 4.69) is 11.0 Å². The van der Waals surface area contributed by atoms with E-state index in [-0.39, 0.29) is 17.9 Å². The van der Waals surface area contributed by atoms with Crippen LogP contribution in [0.15, 0.2) is 24.3 Å². The molecule has 2 amide bonds. The van der Waals surface area contributed by atoms with Gasteiger partial charge in [-0.25, -0.2) is 0 Å². The van der Waals surface area contributed by atoms with Crippen LogP contribution in [-0.2, 0) is 20.7 Å². The molecular formula is C20H29N3O3. The van der Waals surface area contributed by atoms with E-state index >= 15 is 0 Å². The maximum Gasteiger partial charge on any atom is 0.240 e. The van der Waals surface area contributed by atoms with Crippen molar-refractivity contribution in [3.63, 3.8) is 0 Å². The molecular weight excluding hydrogens is 330 g/mol. The van der Waals surface area contributed by atoms with Crippen LogP contribution in [0.4, 0.5) is 0 Å². The first-order valence-electron chi connectivity index (χ1n) is 9.43. The summed E-state index contributed by atoms with van der Waals surface area (Å²) >= 11 is 0. The highest BCUT2D eigenvalue weighted by atomic mass is 16.5. The Labute approximate surface area is 155 Å². The lowest BCUT2D eigenvalue weighted by molar-refractivity contribution is -0.135. The van der Waals surface area contributed by atoms with Crippen LogP contribution >= 0.6 is 0 Å². The van der Waals surface area contributed by atoms with Crippen LogP contribution < -0.4 is 0 Å². The van der Waals surface area contributed by atoms with Crippen molar-refractivity contribution >= 4 is 11.8 Å². The van der Waals surface area contributed by atoms with E-state index in [0.717, 1.165) is 31.6 Å². The molecule has 0 spiro atoms. The molecule has 0 aromatic heterocycles. The van der Waals surface area contributed by atoms with Crippen molar-refractivity contribution in [2.75, 3.05) is 53.0 Å². The molecule has 0 saturated carbocycles. The van der Waals surface area contributed by atoms with Crippen molar-refractivity contribution in [1.29, 1.82) is 0 Å². The summed E-state index contributed by atoms with van der Waals surface area (Å²) in [5, 5.41) is 0. The van der Waals surface area contributed by atoms with E-state index in [1.54, 1.807) is 7.11 Å².